The van der Waals surface area contributed by atoms with Crippen molar-refractivity contribution >= 4 is 11.1 Å². The predicted octanol–water partition coefficient (Wildman–Crippen LogP) is 3.07. The molecular formula is C17H16N2O2. The Kier molecular flexibility index (Phi) is 2.89. The van der Waals surface area contributed by atoms with E-state index in [1.807, 2.05) is 18.2 Å². The first-order valence-electron chi connectivity index (χ1n) is 7.08. The smallest absolute Gasteiger partial charge is 0.204 e. The highest BCUT2D eigenvalue weighted by Gasteiger charge is 2.25. The van der Waals surface area contributed by atoms with E-state index >= 15 is 0 Å². The minimum atomic E-state index is 0.161. The van der Waals surface area contributed by atoms with Gasteiger partial charge in [-0.25, -0.2) is 4.98 Å². The third-order valence-corrected chi connectivity index (χ3v) is 4.00. The number of oxazole rings is 1. The molecule has 0 bridgehead atoms. The van der Waals surface area contributed by atoms with E-state index in [9.17, 15) is 0 Å². The topological polar surface area (TPSA) is 47.3 Å². The first-order chi connectivity index (χ1) is 10.3. The molecule has 4 nitrogen and oxygen atoms in total. The second-order valence-electron chi connectivity index (χ2n) is 5.27. The van der Waals surface area contributed by atoms with E-state index in [0.717, 1.165) is 35.8 Å². The van der Waals surface area contributed by atoms with Gasteiger partial charge < -0.3 is 14.5 Å². The molecule has 0 saturated heterocycles. The summed E-state index contributed by atoms with van der Waals surface area (Å²) in [5, 5.41) is 3.43. The molecule has 1 aliphatic rings. The number of methoxy groups -OCH3 is 1. The summed E-state index contributed by atoms with van der Waals surface area (Å²) in [6.07, 6.45) is 0. The van der Waals surface area contributed by atoms with Gasteiger partial charge in [0.25, 0.3) is 0 Å². The van der Waals surface area contributed by atoms with Crippen LogP contribution in [-0.2, 0) is 6.54 Å². The Balaban J connectivity index is 1.80. The van der Waals surface area contributed by atoms with E-state index in [-0.39, 0.29) is 5.92 Å². The second-order valence-corrected chi connectivity index (χ2v) is 5.27. The van der Waals surface area contributed by atoms with Crippen LogP contribution in [0.1, 0.15) is 22.9 Å². The molecule has 21 heavy (non-hydrogen) atoms. The lowest BCUT2D eigenvalue weighted by Crippen LogP contribution is -2.28. The van der Waals surface area contributed by atoms with E-state index < -0.39 is 0 Å². The molecule has 1 unspecified atom stereocenters. The number of ether oxygens (including phenoxy) is 1. The lowest BCUT2D eigenvalue weighted by Gasteiger charge is -2.23. The SMILES string of the molecule is COc1ccc2oc(C3CNCc4ccccc43)nc2c1. The Morgan fingerprint density at radius 3 is 3.05 bits per heavy atom. The average molecular weight is 280 g/mol. The Hall–Kier alpha value is -2.33. The molecule has 0 radical (unpaired) electrons. The van der Waals surface area contributed by atoms with E-state index in [1.165, 1.54) is 11.1 Å². The van der Waals surface area contributed by atoms with Crippen molar-refractivity contribution in [3.05, 3.63) is 59.5 Å². The van der Waals surface area contributed by atoms with E-state index in [2.05, 4.69) is 34.6 Å². The third-order valence-electron chi connectivity index (χ3n) is 4.00. The molecule has 4 heteroatoms. The summed E-state index contributed by atoms with van der Waals surface area (Å²) >= 11 is 0. The van der Waals surface area contributed by atoms with Gasteiger partial charge in [-0.1, -0.05) is 24.3 Å². The Morgan fingerprint density at radius 1 is 1.24 bits per heavy atom. The molecule has 0 saturated carbocycles. The maximum Gasteiger partial charge on any atom is 0.204 e. The van der Waals surface area contributed by atoms with Crippen LogP contribution < -0.4 is 10.1 Å². The highest BCUT2D eigenvalue weighted by atomic mass is 16.5. The monoisotopic (exact) mass is 280 g/mol. The van der Waals surface area contributed by atoms with Crippen LogP contribution in [0.2, 0.25) is 0 Å². The Morgan fingerprint density at radius 2 is 2.14 bits per heavy atom. The first-order valence-corrected chi connectivity index (χ1v) is 7.08. The van der Waals surface area contributed by atoms with Crippen LogP contribution in [0.15, 0.2) is 46.9 Å². The highest BCUT2D eigenvalue weighted by Crippen LogP contribution is 2.32. The summed E-state index contributed by atoms with van der Waals surface area (Å²) in [7, 11) is 1.66. The van der Waals surface area contributed by atoms with Crippen LogP contribution in [0.4, 0.5) is 0 Å². The maximum atomic E-state index is 5.96. The van der Waals surface area contributed by atoms with Gasteiger partial charge in [0.05, 0.1) is 13.0 Å². The fourth-order valence-electron chi connectivity index (χ4n) is 2.92. The fourth-order valence-corrected chi connectivity index (χ4v) is 2.92. The van der Waals surface area contributed by atoms with Crippen molar-refractivity contribution in [2.75, 3.05) is 13.7 Å². The minimum Gasteiger partial charge on any atom is -0.497 e. The van der Waals surface area contributed by atoms with Gasteiger partial charge in [-0.2, -0.15) is 0 Å². The number of hydrogen-bond acceptors (Lipinski definition) is 4. The van der Waals surface area contributed by atoms with Crippen LogP contribution >= 0.6 is 0 Å². The molecule has 2 aromatic carbocycles. The Labute approximate surface area is 122 Å². The minimum absolute atomic E-state index is 0.161. The normalized spacial score (nSPS) is 17.7. The zero-order valence-corrected chi connectivity index (χ0v) is 11.8. The number of fused-ring (bicyclic) bond motifs is 2. The lowest BCUT2D eigenvalue weighted by atomic mass is 9.91. The number of aromatic nitrogens is 1. The molecule has 0 fully saturated rings. The number of benzene rings is 2. The summed E-state index contributed by atoms with van der Waals surface area (Å²) in [4.78, 5) is 4.66. The van der Waals surface area contributed by atoms with Crippen LogP contribution in [0.5, 0.6) is 5.75 Å². The van der Waals surface area contributed by atoms with E-state index in [1.54, 1.807) is 7.11 Å². The molecule has 106 valence electrons. The van der Waals surface area contributed by atoms with Gasteiger partial charge >= 0.3 is 0 Å². The van der Waals surface area contributed by atoms with Crippen molar-refractivity contribution in [2.45, 2.75) is 12.5 Å². The molecule has 0 aliphatic carbocycles. The summed E-state index contributed by atoms with van der Waals surface area (Å²) in [5.41, 5.74) is 4.25. The summed E-state index contributed by atoms with van der Waals surface area (Å²) in [5.74, 6) is 1.72. The molecule has 3 aromatic rings. The number of nitrogens with zero attached hydrogens (tertiary/aromatic N) is 1. The zero-order chi connectivity index (χ0) is 14.2. The maximum absolute atomic E-state index is 5.96. The summed E-state index contributed by atoms with van der Waals surface area (Å²) in [6.45, 7) is 1.75. The van der Waals surface area contributed by atoms with Crippen LogP contribution in [0, 0.1) is 0 Å². The van der Waals surface area contributed by atoms with Gasteiger partial charge in [0.2, 0.25) is 5.89 Å². The molecule has 2 heterocycles. The fraction of sp³-hybridized carbons (Fsp3) is 0.235. The molecule has 1 atom stereocenters. The van der Waals surface area contributed by atoms with Gasteiger partial charge in [0.1, 0.15) is 11.3 Å². The zero-order valence-electron chi connectivity index (χ0n) is 11.8. The van der Waals surface area contributed by atoms with Crippen molar-refractivity contribution in [2.24, 2.45) is 0 Å². The second kappa shape index (κ2) is 4.90. The highest BCUT2D eigenvalue weighted by molar-refractivity contribution is 5.74. The van der Waals surface area contributed by atoms with Crippen molar-refractivity contribution < 1.29 is 9.15 Å². The molecular weight excluding hydrogens is 264 g/mol. The first kappa shape index (κ1) is 12.4. The molecule has 1 N–H and O–H groups in total. The number of hydrogen-bond donors (Lipinski definition) is 1. The predicted molar refractivity (Wildman–Crippen MR) is 80.6 cm³/mol. The van der Waals surface area contributed by atoms with Crippen molar-refractivity contribution in [3.8, 4) is 5.75 Å². The molecule has 1 aromatic heterocycles. The third kappa shape index (κ3) is 2.08. The quantitative estimate of drug-likeness (QED) is 0.783. The van der Waals surface area contributed by atoms with E-state index in [4.69, 9.17) is 9.15 Å². The van der Waals surface area contributed by atoms with Gasteiger partial charge in [-0.3, -0.25) is 0 Å². The lowest BCUT2D eigenvalue weighted by molar-refractivity contribution is 0.415. The molecule has 4 rings (SSSR count). The van der Waals surface area contributed by atoms with Crippen molar-refractivity contribution in [3.63, 3.8) is 0 Å². The van der Waals surface area contributed by atoms with Crippen LogP contribution in [0.3, 0.4) is 0 Å². The van der Waals surface area contributed by atoms with Gasteiger partial charge in [0.15, 0.2) is 5.58 Å². The molecule has 0 spiro atoms. The van der Waals surface area contributed by atoms with Crippen LogP contribution in [0.25, 0.3) is 11.1 Å². The summed E-state index contributed by atoms with van der Waals surface area (Å²) < 4.78 is 11.2. The largest absolute Gasteiger partial charge is 0.497 e. The molecule has 1 aliphatic heterocycles. The average Bonchev–Trinajstić information content (AvgIpc) is 2.97. The van der Waals surface area contributed by atoms with E-state index in [0.29, 0.717) is 0 Å². The molecule has 0 amide bonds. The van der Waals surface area contributed by atoms with Crippen LogP contribution in [-0.4, -0.2) is 18.6 Å². The number of rotatable bonds is 2. The van der Waals surface area contributed by atoms with Crippen molar-refractivity contribution in [1.82, 2.24) is 10.3 Å². The number of nitrogens with one attached hydrogen (secondary N) is 1. The standard InChI is InChI=1S/C17H16N2O2/c1-20-12-6-7-16-15(8-12)19-17(21-16)14-10-18-9-11-4-2-3-5-13(11)14/h2-8,14,18H,9-10H2,1H3. The van der Waals surface area contributed by atoms with Crippen molar-refractivity contribution in [1.29, 1.82) is 0 Å². The summed E-state index contributed by atoms with van der Waals surface area (Å²) in [6, 6.07) is 14.2. The van der Waals surface area contributed by atoms with Gasteiger partial charge in [-0.15, -0.1) is 0 Å². The van der Waals surface area contributed by atoms with Gasteiger partial charge in [-0.05, 0) is 23.3 Å². The Bertz CT molecular complexity index is 794. The van der Waals surface area contributed by atoms with Gasteiger partial charge in [0, 0.05) is 19.2 Å².